The third kappa shape index (κ3) is 10.6. The van der Waals surface area contributed by atoms with Crippen molar-refractivity contribution >= 4 is 35.1 Å². The highest BCUT2D eigenvalue weighted by Gasteiger charge is 2.29. The van der Waals surface area contributed by atoms with Crippen LogP contribution in [0.2, 0.25) is 5.02 Å². The molecule has 0 unspecified atom stereocenters. The highest BCUT2D eigenvalue weighted by Crippen LogP contribution is 2.38. The fourth-order valence-corrected chi connectivity index (χ4v) is 7.48. The van der Waals surface area contributed by atoms with Gasteiger partial charge in [0.2, 0.25) is 5.96 Å². The number of halogens is 1. The Hall–Kier alpha value is -4.65. The number of amidine groups is 1. The second-order valence-electron chi connectivity index (χ2n) is 16.1. The lowest BCUT2D eigenvalue weighted by Crippen LogP contribution is -2.43. The molecule has 3 aliphatic rings. The molecule has 2 fully saturated rings. The van der Waals surface area contributed by atoms with Gasteiger partial charge < -0.3 is 25.6 Å². The Morgan fingerprint density at radius 1 is 1.00 bits per heavy atom. The van der Waals surface area contributed by atoms with Crippen molar-refractivity contribution in [3.05, 3.63) is 99.8 Å². The van der Waals surface area contributed by atoms with Gasteiger partial charge in [0.15, 0.2) is 0 Å². The van der Waals surface area contributed by atoms with Crippen molar-refractivity contribution in [2.45, 2.75) is 71.4 Å². The number of aromatic nitrogens is 1. The van der Waals surface area contributed by atoms with Crippen LogP contribution in [0.5, 0.6) is 5.75 Å². The largest absolute Gasteiger partial charge is 0.491 e. The van der Waals surface area contributed by atoms with Crippen LogP contribution < -0.4 is 26.6 Å². The number of likely N-dealkylation sites (tertiary alicyclic amines) is 1. The van der Waals surface area contributed by atoms with Gasteiger partial charge in [-0.1, -0.05) is 56.6 Å². The van der Waals surface area contributed by atoms with Crippen LogP contribution >= 0.6 is 11.6 Å². The maximum Gasteiger partial charge on any atom is 0.320 e. The number of fused-ring (bicyclic) bond motifs is 1. The van der Waals surface area contributed by atoms with E-state index in [-0.39, 0.29) is 28.9 Å². The van der Waals surface area contributed by atoms with Crippen molar-refractivity contribution in [2.75, 3.05) is 52.9 Å². The van der Waals surface area contributed by atoms with Crippen LogP contribution in [-0.2, 0) is 6.54 Å². The number of carbonyl (C=O) groups is 1. The third-order valence-corrected chi connectivity index (χ3v) is 11.2. The van der Waals surface area contributed by atoms with Gasteiger partial charge in [-0.05, 0) is 86.2 Å². The van der Waals surface area contributed by atoms with E-state index in [1.165, 1.54) is 6.42 Å². The van der Waals surface area contributed by atoms with Gasteiger partial charge in [-0.3, -0.25) is 25.6 Å². The standard InChI is InChI=1S/C42H57ClN10O2/c1-42(2,3)37(44)25-39(47-31-13-15-35(43)30(24-31)26-51-22-20-50(4)21-23-51)49-41(54)48-36-16-12-29(33-10-6-7-11-34(33)36)28-55-32-14-17-38(45)53(27-32)40(46)52-18-8-5-9-19-52/h6-7,10-11,13-15,17,24-25,27,29,36,45-46H,5,8-9,12,16,18-23,26,28,44H2,1-4H3,(H2,47,48,49,54)/t29-,36-/m0/s1. The number of likely N-dealkylation sites (N-methyl/N-ethyl adjacent to an activating group) is 1. The number of nitrogens with one attached hydrogen (secondary N) is 4. The van der Waals surface area contributed by atoms with Crippen LogP contribution in [0, 0.1) is 16.2 Å². The van der Waals surface area contributed by atoms with Gasteiger partial charge in [0.1, 0.15) is 17.1 Å². The van der Waals surface area contributed by atoms with Crippen LogP contribution in [0.4, 0.5) is 10.5 Å². The fraction of sp³-hybridized carbons (Fsp3) is 0.476. The first-order valence-corrected chi connectivity index (χ1v) is 19.9. The Morgan fingerprint density at radius 3 is 2.45 bits per heavy atom. The molecule has 13 heteroatoms. The minimum atomic E-state index is -0.367. The van der Waals surface area contributed by atoms with Crippen LogP contribution in [0.1, 0.15) is 81.5 Å². The van der Waals surface area contributed by atoms with E-state index < -0.39 is 0 Å². The zero-order valence-electron chi connectivity index (χ0n) is 32.7. The Kier molecular flexibility index (Phi) is 13.0. The summed E-state index contributed by atoms with van der Waals surface area (Å²) in [4.78, 5) is 25.3. The third-order valence-electron chi connectivity index (χ3n) is 10.8. The van der Waals surface area contributed by atoms with Gasteiger partial charge in [0.05, 0.1) is 24.5 Å². The lowest BCUT2D eigenvalue weighted by atomic mass is 9.80. The highest BCUT2D eigenvalue weighted by atomic mass is 35.5. The quantitative estimate of drug-likeness (QED) is 0.130. The molecule has 3 aromatic rings. The predicted molar refractivity (Wildman–Crippen MR) is 220 cm³/mol. The predicted octanol–water partition coefficient (Wildman–Crippen LogP) is 6.55. The minimum absolute atomic E-state index is 0.111. The number of amides is 2. The number of ether oxygens (including phenoxy) is 1. The second-order valence-corrected chi connectivity index (χ2v) is 16.5. The molecule has 2 aliphatic heterocycles. The average molecular weight is 769 g/mol. The van der Waals surface area contributed by atoms with Gasteiger partial charge in [-0.2, -0.15) is 0 Å². The second kappa shape index (κ2) is 17.9. The van der Waals surface area contributed by atoms with Crippen molar-refractivity contribution in [3.63, 3.8) is 0 Å². The number of hydrogen-bond donors (Lipinski definition) is 5. The topological polar surface area (TPSA) is 151 Å². The fourth-order valence-electron chi connectivity index (χ4n) is 7.31. The Labute approximate surface area is 330 Å². The van der Waals surface area contributed by atoms with Crippen molar-refractivity contribution in [2.24, 2.45) is 16.1 Å². The first-order chi connectivity index (χ1) is 26.3. The van der Waals surface area contributed by atoms with Gasteiger partial charge in [0, 0.05) is 73.9 Å². The molecule has 0 bridgehead atoms. The number of benzene rings is 2. The summed E-state index contributed by atoms with van der Waals surface area (Å²) in [5.41, 5.74) is 10.9. The van der Waals surface area contributed by atoms with E-state index in [1.54, 1.807) is 29.0 Å². The van der Waals surface area contributed by atoms with Gasteiger partial charge in [-0.25, -0.2) is 9.79 Å². The van der Waals surface area contributed by atoms with E-state index in [0.29, 0.717) is 40.6 Å². The zero-order valence-corrected chi connectivity index (χ0v) is 33.5. The molecule has 2 amide bonds. The summed E-state index contributed by atoms with van der Waals surface area (Å²) < 4.78 is 7.92. The van der Waals surface area contributed by atoms with E-state index in [4.69, 9.17) is 37.9 Å². The number of nitrogens with zero attached hydrogens (tertiary/aromatic N) is 5. The first kappa shape index (κ1) is 40.0. The zero-order chi connectivity index (χ0) is 39.1. The number of aliphatic imine (C=N–C) groups is 1. The maximum atomic E-state index is 13.7. The van der Waals surface area contributed by atoms with Crippen molar-refractivity contribution in [3.8, 4) is 5.75 Å². The minimum Gasteiger partial charge on any atom is -0.491 e. The molecule has 1 aliphatic carbocycles. The molecule has 2 saturated heterocycles. The molecule has 2 atom stereocenters. The molecule has 6 rings (SSSR count). The molecule has 0 saturated carbocycles. The Balaban J connectivity index is 1.14. The SMILES string of the molecule is CN1CCN(Cc2cc(N=C(C=C(N)C(C)(C)C)NC(=O)N[C@H]3CC[C@@H](COc4ccc(=N)n(C(=N)N5CCCCC5)c4)c4ccccc43)ccc2Cl)CC1. The molecule has 0 radical (unpaired) electrons. The number of rotatable bonds is 8. The molecule has 3 heterocycles. The summed E-state index contributed by atoms with van der Waals surface area (Å²) in [6.45, 7) is 12.9. The lowest BCUT2D eigenvalue weighted by Gasteiger charge is -2.32. The lowest BCUT2D eigenvalue weighted by molar-refractivity contribution is 0.148. The monoisotopic (exact) mass is 768 g/mol. The van der Waals surface area contributed by atoms with Gasteiger partial charge in [0.25, 0.3) is 0 Å². The average Bonchev–Trinajstić information content (AvgIpc) is 3.17. The number of hydrogen-bond acceptors (Lipinski definition) is 8. The van der Waals surface area contributed by atoms with Gasteiger partial charge in [-0.15, -0.1) is 0 Å². The number of pyridine rings is 1. The highest BCUT2D eigenvalue weighted by molar-refractivity contribution is 6.31. The van der Waals surface area contributed by atoms with Crippen molar-refractivity contribution in [1.82, 2.24) is 29.9 Å². The number of piperidine rings is 1. The molecule has 2 aromatic carbocycles. The van der Waals surface area contributed by atoms with Crippen molar-refractivity contribution < 1.29 is 9.53 Å². The van der Waals surface area contributed by atoms with E-state index in [9.17, 15) is 4.79 Å². The summed E-state index contributed by atoms with van der Waals surface area (Å²) in [7, 11) is 2.14. The Bertz CT molecular complexity index is 1950. The van der Waals surface area contributed by atoms with Crippen LogP contribution in [-0.4, -0.2) is 90.0 Å². The van der Waals surface area contributed by atoms with Crippen LogP contribution in [0.3, 0.4) is 0 Å². The van der Waals surface area contributed by atoms with Crippen molar-refractivity contribution in [1.29, 1.82) is 10.8 Å². The molecule has 55 heavy (non-hydrogen) atoms. The first-order valence-electron chi connectivity index (χ1n) is 19.5. The summed E-state index contributed by atoms with van der Waals surface area (Å²) in [6.07, 6.45) is 8.32. The molecule has 1 aromatic heterocycles. The number of allylic oxidation sites excluding steroid dienone is 1. The summed E-state index contributed by atoms with van der Waals surface area (Å²) in [5.74, 6) is 1.39. The van der Waals surface area contributed by atoms with E-state index >= 15 is 0 Å². The maximum absolute atomic E-state index is 13.7. The molecular formula is C42H57ClN10O2. The van der Waals surface area contributed by atoms with Crippen LogP contribution in [0.25, 0.3) is 0 Å². The van der Waals surface area contributed by atoms with Gasteiger partial charge >= 0.3 is 6.03 Å². The number of urea groups is 1. The van der Waals surface area contributed by atoms with E-state index in [1.807, 2.05) is 56.0 Å². The summed E-state index contributed by atoms with van der Waals surface area (Å²) in [5, 5.41) is 24.1. The molecule has 294 valence electrons. The summed E-state index contributed by atoms with van der Waals surface area (Å²) in [6, 6.07) is 16.8. The number of carbonyl (C=O) groups excluding carboxylic acids is 1. The van der Waals surface area contributed by atoms with Crippen LogP contribution in [0.15, 0.2) is 77.6 Å². The van der Waals surface area contributed by atoms with E-state index in [0.717, 1.165) is 88.2 Å². The Morgan fingerprint density at radius 2 is 1.73 bits per heavy atom. The molecular weight excluding hydrogens is 712 g/mol. The number of piperazine rings is 1. The summed E-state index contributed by atoms with van der Waals surface area (Å²) >= 11 is 6.65. The smallest absolute Gasteiger partial charge is 0.320 e. The molecule has 0 spiro atoms. The molecule has 12 nitrogen and oxygen atoms in total. The van der Waals surface area contributed by atoms with E-state index in [2.05, 4.69) is 39.6 Å². The number of nitrogens with two attached hydrogens (primary N) is 1. The normalized spacial score (nSPS) is 20.1. The molecule has 6 N–H and O–H groups in total.